The summed E-state index contributed by atoms with van der Waals surface area (Å²) >= 11 is 0. The Morgan fingerprint density at radius 3 is 2.54 bits per heavy atom. The van der Waals surface area contributed by atoms with E-state index in [1.165, 1.54) is 4.68 Å². The van der Waals surface area contributed by atoms with Crippen LogP contribution in [0.4, 0.5) is 0 Å². The molecule has 0 fully saturated rings. The van der Waals surface area contributed by atoms with Crippen LogP contribution >= 0.6 is 0 Å². The first kappa shape index (κ1) is 19.6. The van der Waals surface area contributed by atoms with Crippen molar-refractivity contribution in [3.63, 3.8) is 0 Å². The van der Waals surface area contributed by atoms with Crippen molar-refractivity contribution in [2.24, 2.45) is 0 Å². The highest BCUT2D eigenvalue weighted by molar-refractivity contribution is 5.83. The lowest BCUT2D eigenvalue weighted by Gasteiger charge is -2.17. The van der Waals surface area contributed by atoms with Crippen molar-refractivity contribution in [3.05, 3.63) is 70.1 Å². The van der Waals surface area contributed by atoms with Crippen molar-refractivity contribution in [1.29, 1.82) is 0 Å². The third-order valence-electron chi connectivity index (χ3n) is 4.45. The zero-order valence-electron chi connectivity index (χ0n) is 16.6. The third-order valence-corrected chi connectivity index (χ3v) is 4.45. The average Bonchev–Trinajstić information content (AvgIpc) is 2.65. The average molecular weight is 379 g/mol. The van der Waals surface area contributed by atoms with E-state index in [2.05, 4.69) is 10.4 Å². The van der Waals surface area contributed by atoms with E-state index in [-0.39, 0.29) is 30.2 Å². The van der Waals surface area contributed by atoms with Crippen LogP contribution in [0.3, 0.4) is 0 Å². The monoisotopic (exact) mass is 379 g/mol. The molecule has 0 aliphatic rings. The van der Waals surface area contributed by atoms with Crippen LogP contribution in [-0.2, 0) is 11.3 Å². The summed E-state index contributed by atoms with van der Waals surface area (Å²) in [6, 6.07) is 14.7. The van der Waals surface area contributed by atoms with Crippen LogP contribution in [0.2, 0.25) is 0 Å². The Balaban J connectivity index is 1.75. The molecule has 3 rings (SSSR count). The molecule has 0 saturated heterocycles. The van der Waals surface area contributed by atoms with Gasteiger partial charge in [-0.05, 0) is 51.5 Å². The number of nitrogens with zero attached hydrogens (tertiary/aromatic N) is 2. The summed E-state index contributed by atoms with van der Waals surface area (Å²) in [6.07, 6.45) is 0.0780. The maximum Gasteiger partial charge on any atom is 0.275 e. The highest BCUT2D eigenvalue weighted by Gasteiger charge is 2.14. The van der Waals surface area contributed by atoms with Gasteiger partial charge in [-0.1, -0.05) is 30.3 Å². The molecule has 1 aromatic heterocycles. The summed E-state index contributed by atoms with van der Waals surface area (Å²) in [4.78, 5) is 25.1. The van der Waals surface area contributed by atoms with Crippen molar-refractivity contribution < 1.29 is 9.53 Å². The molecule has 1 unspecified atom stereocenters. The highest BCUT2D eigenvalue weighted by atomic mass is 16.5. The summed E-state index contributed by atoms with van der Waals surface area (Å²) in [6.45, 7) is 7.53. The first-order valence-corrected chi connectivity index (χ1v) is 9.37. The number of ether oxygens (including phenoxy) is 1. The molecule has 0 bridgehead atoms. The Morgan fingerprint density at radius 1 is 1.11 bits per heavy atom. The Labute approximate surface area is 164 Å². The molecule has 146 valence electrons. The summed E-state index contributed by atoms with van der Waals surface area (Å²) in [5.74, 6) is 0.489. The minimum atomic E-state index is -0.271. The van der Waals surface area contributed by atoms with Crippen LogP contribution in [0.25, 0.3) is 10.8 Å². The number of carbonyl (C=O) groups is 1. The second-order valence-electron chi connectivity index (χ2n) is 7.12. The SMILES string of the molecule is Cc1nn(CC(=O)NC(C)c2cccc(OC(C)C)c2)c(=O)c2ccccc12. The van der Waals surface area contributed by atoms with E-state index in [0.717, 1.165) is 22.4 Å². The number of amides is 1. The fraction of sp³-hybridized carbons (Fsp3) is 0.318. The van der Waals surface area contributed by atoms with E-state index in [9.17, 15) is 9.59 Å². The van der Waals surface area contributed by atoms with Gasteiger partial charge in [0.15, 0.2) is 0 Å². The summed E-state index contributed by atoms with van der Waals surface area (Å²) in [7, 11) is 0. The molecule has 6 heteroatoms. The van der Waals surface area contributed by atoms with Gasteiger partial charge in [-0.25, -0.2) is 4.68 Å². The van der Waals surface area contributed by atoms with Gasteiger partial charge in [0.25, 0.3) is 5.56 Å². The minimum absolute atomic E-state index is 0.0780. The molecule has 0 aliphatic carbocycles. The van der Waals surface area contributed by atoms with Gasteiger partial charge < -0.3 is 10.1 Å². The molecular formula is C22H25N3O3. The molecule has 0 spiro atoms. The summed E-state index contributed by atoms with van der Waals surface area (Å²) in [5, 5.41) is 8.59. The molecule has 1 amide bonds. The van der Waals surface area contributed by atoms with Gasteiger partial charge in [-0.2, -0.15) is 5.10 Å². The first-order chi connectivity index (χ1) is 13.3. The number of hydrogen-bond acceptors (Lipinski definition) is 4. The molecule has 0 radical (unpaired) electrons. The molecule has 0 aliphatic heterocycles. The van der Waals surface area contributed by atoms with Crippen LogP contribution in [0.15, 0.2) is 53.3 Å². The zero-order valence-corrected chi connectivity index (χ0v) is 16.6. The number of carbonyl (C=O) groups excluding carboxylic acids is 1. The maximum absolute atomic E-state index is 12.6. The number of aromatic nitrogens is 2. The number of aryl methyl sites for hydroxylation is 1. The molecule has 1 heterocycles. The molecule has 3 aromatic rings. The van der Waals surface area contributed by atoms with E-state index in [4.69, 9.17) is 4.74 Å². The van der Waals surface area contributed by atoms with Crippen molar-refractivity contribution in [2.75, 3.05) is 0 Å². The van der Waals surface area contributed by atoms with Gasteiger partial charge in [-0.15, -0.1) is 0 Å². The lowest BCUT2D eigenvalue weighted by molar-refractivity contribution is -0.122. The largest absolute Gasteiger partial charge is 0.491 e. The van der Waals surface area contributed by atoms with Crippen LogP contribution in [0.5, 0.6) is 5.75 Å². The molecule has 28 heavy (non-hydrogen) atoms. The molecular weight excluding hydrogens is 354 g/mol. The highest BCUT2D eigenvalue weighted by Crippen LogP contribution is 2.20. The van der Waals surface area contributed by atoms with Gasteiger partial charge in [0.05, 0.1) is 23.2 Å². The Kier molecular flexibility index (Phi) is 5.78. The lowest BCUT2D eigenvalue weighted by Crippen LogP contribution is -2.35. The van der Waals surface area contributed by atoms with Crippen LogP contribution in [0, 0.1) is 6.92 Å². The van der Waals surface area contributed by atoms with Gasteiger partial charge >= 0.3 is 0 Å². The maximum atomic E-state index is 12.6. The van der Waals surface area contributed by atoms with Crippen molar-refractivity contribution >= 4 is 16.7 Å². The minimum Gasteiger partial charge on any atom is -0.491 e. The van der Waals surface area contributed by atoms with Gasteiger partial charge in [0, 0.05) is 5.39 Å². The molecule has 1 atom stereocenters. The normalized spacial score (nSPS) is 12.2. The first-order valence-electron chi connectivity index (χ1n) is 9.37. The Morgan fingerprint density at radius 2 is 1.82 bits per heavy atom. The third kappa shape index (κ3) is 4.39. The Bertz CT molecular complexity index is 1060. The number of hydrogen-bond donors (Lipinski definition) is 1. The van der Waals surface area contributed by atoms with Crippen molar-refractivity contribution in [3.8, 4) is 5.75 Å². The quantitative estimate of drug-likeness (QED) is 0.713. The predicted molar refractivity (Wildman–Crippen MR) is 110 cm³/mol. The van der Waals surface area contributed by atoms with Crippen molar-refractivity contribution in [1.82, 2.24) is 15.1 Å². The molecule has 2 aromatic carbocycles. The van der Waals surface area contributed by atoms with Crippen LogP contribution in [-0.4, -0.2) is 21.8 Å². The molecule has 0 saturated carbocycles. The van der Waals surface area contributed by atoms with E-state index in [1.807, 2.05) is 70.2 Å². The van der Waals surface area contributed by atoms with Crippen LogP contribution < -0.4 is 15.6 Å². The number of benzene rings is 2. The van der Waals surface area contributed by atoms with Gasteiger partial charge in [-0.3, -0.25) is 9.59 Å². The van der Waals surface area contributed by atoms with E-state index < -0.39 is 0 Å². The van der Waals surface area contributed by atoms with E-state index in [1.54, 1.807) is 6.07 Å². The number of fused-ring (bicyclic) bond motifs is 1. The predicted octanol–water partition coefficient (Wildman–Crippen LogP) is 3.37. The van der Waals surface area contributed by atoms with E-state index in [0.29, 0.717) is 5.39 Å². The summed E-state index contributed by atoms with van der Waals surface area (Å²) < 4.78 is 6.93. The number of rotatable bonds is 6. The second kappa shape index (κ2) is 8.25. The summed E-state index contributed by atoms with van der Waals surface area (Å²) in [5.41, 5.74) is 1.38. The smallest absolute Gasteiger partial charge is 0.275 e. The molecule has 6 nitrogen and oxygen atoms in total. The fourth-order valence-electron chi connectivity index (χ4n) is 3.15. The second-order valence-corrected chi connectivity index (χ2v) is 7.12. The van der Waals surface area contributed by atoms with Crippen LogP contribution in [0.1, 0.15) is 38.1 Å². The molecule has 1 N–H and O–H groups in total. The van der Waals surface area contributed by atoms with Crippen molar-refractivity contribution in [2.45, 2.75) is 46.4 Å². The Hall–Kier alpha value is -3.15. The zero-order chi connectivity index (χ0) is 20.3. The standard InChI is InChI=1S/C22H25N3O3/c1-14(2)28-18-9-7-8-17(12-18)15(3)23-21(26)13-25-22(27)20-11-6-5-10-19(20)16(4)24-25/h5-12,14-15H,13H2,1-4H3,(H,23,26). The lowest BCUT2D eigenvalue weighted by atomic mass is 10.1. The topological polar surface area (TPSA) is 73.2 Å². The van der Waals surface area contributed by atoms with Gasteiger partial charge in [0.2, 0.25) is 5.91 Å². The van der Waals surface area contributed by atoms with Gasteiger partial charge in [0.1, 0.15) is 12.3 Å². The number of nitrogens with one attached hydrogen (secondary N) is 1. The van der Waals surface area contributed by atoms with E-state index >= 15 is 0 Å². The fourth-order valence-corrected chi connectivity index (χ4v) is 3.15.